The molecule has 0 atom stereocenters. The van der Waals surface area contributed by atoms with Crippen LogP contribution >= 0.6 is 0 Å². The molecule has 0 saturated carbocycles. The van der Waals surface area contributed by atoms with E-state index in [2.05, 4.69) is 0 Å². The van der Waals surface area contributed by atoms with Crippen LogP contribution in [-0.4, -0.2) is 26.9 Å². The van der Waals surface area contributed by atoms with Gasteiger partial charge in [-0.1, -0.05) is 30.3 Å². The molecule has 0 heterocycles. The fourth-order valence-electron chi connectivity index (χ4n) is 2.06. The SMILES string of the molecule is COc1cccc(CCN)c1OCCOc1ccccc1. The maximum absolute atomic E-state index is 5.83. The van der Waals surface area contributed by atoms with Crippen molar-refractivity contribution in [3.63, 3.8) is 0 Å². The first kappa shape index (κ1) is 15.2. The van der Waals surface area contributed by atoms with Crippen LogP contribution < -0.4 is 19.9 Å². The molecule has 0 aliphatic carbocycles. The van der Waals surface area contributed by atoms with Crippen LogP contribution in [-0.2, 0) is 6.42 Å². The van der Waals surface area contributed by atoms with E-state index in [1.54, 1.807) is 7.11 Å². The fourth-order valence-corrected chi connectivity index (χ4v) is 2.06. The largest absolute Gasteiger partial charge is 0.493 e. The number of rotatable bonds is 8. The molecule has 0 aromatic heterocycles. The Bertz CT molecular complexity index is 543. The van der Waals surface area contributed by atoms with Crippen molar-refractivity contribution in [2.75, 3.05) is 26.9 Å². The molecule has 0 spiro atoms. The zero-order chi connectivity index (χ0) is 14.9. The summed E-state index contributed by atoms with van der Waals surface area (Å²) in [5, 5.41) is 0. The third-order valence-corrected chi connectivity index (χ3v) is 3.04. The van der Waals surface area contributed by atoms with Crippen molar-refractivity contribution in [2.24, 2.45) is 5.73 Å². The number of ether oxygens (including phenoxy) is 3. The lowest BCUT2D eigenvalue weighted by molar-refractivity contribution is 0.210. The van der Waals surface area contributed by atoms with Gasteiger partial charge in [0.05, 0.1) is 7.11 Å². The lowest BCUT2D eigenvalue weighted by Crippen LogP contribution is -2.12. The lowest BCUT2D eigenvalue weighted by atomic mass is 10.1. The summed E-state index contributed by atoms with van der Waals surface area (Å²) >= 11 is 0. The van der Waals surface area contributed by atoms with Crippen LogP contribution in [0.1, 0.15) is 5.56 Å². The van der Waals surface area contributed by atoms with Gasteiger partial charge in [-0.05, 0) is 36.7 Å². The number of hydrogen-bond acceptors (Lipinski definition) is 4. The third-order valence-electron chi connectivity index (χ3n) is 3.04. The van der Waals surface area contributed by atoms with E-state index < -0.39 is 0 Å². The van der Waals surface area contributed by atoms with E-state index in [0.29, 0.717) is 19.8 Å². The highest BCUT2D eigenvalue weighted by Crippen LogP contribution is 2.31. The zero-order valence-corrected chi connectivity index (χ0v) is 12.2. The average Bonchev–Trinajstić information content (AvgIpc) is 2.53. The molecule has 0 unspecified atom stereocenters. The molecule has 21 heavy (non-hydrogen) atoms. The molecule has 2 rings (SSSR count). The highest BCUT2D eigenvalue weighted by Gasteiger charge is 2.09. The number of hydrogen-bond donors (Lipinski definition) is 1. The van der Waals surface area contributed by atoms with Gasteiger partial charge in [-0.15, -0.1) is 0 Å². The molecule has 2 aromatic rings. The van der Waals surface area contributed by atoms with Crippen LogP contribution in [0.2, 0.25) is 0 Å². The topological polar surface area (TPSA) is 53.7 Å². The van der Waals surface area contributed by atoms with Crippen LogP contribution in [0.5, 0.6) is 17.2 Å². The Morgan fingerprint density at radius 2 is 1.67 bits per heavy atom. The van der Waals surface area contributed by atoms with E-state index in [4.69, 9.17) is 19.9 Å². The van der Waals surface area contributed by atoms with E-state index in [1.165, 1.54) is 0 Å². The monoisotopic (exact) mass is 287 g/mol. The van der Waals surface area contributed by atoms with Gasteiger partial charge in [0, 0.05) is 0 Å². The molecule has 0 aliphatic rings. The van der Waals surface area contributed by atoms with Gasteiger partial charge >= 0.3 is 0 Å². The Kier molecular flexibility index (Phi) is 5.91. The van der Waals surface area contributed by atoms with Crippen LogP contribution in [0.3, 0.4) is 0 Å². The molecule has 112 valence electrons. The van der Waals surface area contributed by atoms with Gasteiger partial charge in [-0.3, -0.25) is 0 Å². The highest BCUT2D eigenvalue weighted by molar-refractivity contribution is 5.46. The van der Waals surface area contributed by atoms with Gasteiger partial charge in [-0.2, -0.15) is 0 Å². The molecule has 0 radical (unpaired) electrons. The second-order valence-corrected chi connectivity index (χ2v) is 4.50. The van der Waals surface area contributed by atoms with Gasteiger partial charge < -0.3 is 19.9 Å². The Morgan fingerprint density at radius 3 is 2.38 bits per heavy atom. The van der Waals surface area contributed by atoms with E-state index >= 15 is 0 Å². The van der Waals surface area contributed by atoms with Crippen molar-refractivity contribution in [3.05, 3.63) is 54.1 Å². The van der Waals surface area contributed by atoms with E-state index in [-0.39, 0.29) is 0 Å². The predicted octanol–water partition coefficient (Wildman–Crippen LogP) is 2.65. The zero-order valence-electron chi connectivity index (χ0n) is 12.2. The van der Waals surface area contributed by atoms with Gasteiger partial charge in [0.2, 0.25) is 0 Å². The van der Waals surface area contributed by atoms with Gasteiger partial charge in [-0.25, -0.2) is 0 Å². The minimum atomic E-state index is 0.451. The Labute approximate surface area is 125 Å². The molecule has 0 bridgehead atoms. The first-order chi connectivity index (χ1) is 10.3. The van der Waals surface area contributed by atoms with Crippen molar-refractivity contribution < 1.29 is 14.2 Å². The summed E-state index contributed by atoms with van der Waals surface area (Å²) in [7, 11) is 1.63. The summed E-state index contributed by atoms with van der Waals surface area (Å²) < 4.78 is 16.8. The number of nitrogens with two attached hydrogens (primary N) is 1. The van der Waals surface area contributed by atoms with Crippen LogP contribution in [0.4, 0.5) is 0 Å². The quantitative estimate of drug-likeness (QED) is 0.758. The highest BCUT2D eigenvalue weighted by atomic mass is 16.5. The van der Waals surface area contributed by atoms with Crippen LogP contribution in [0, 0.1) is 0 Å². The molecule has 4 heteroatoms. The molecule has 2 aromatic carbocycles. The number of para-hydroxylation sites is 2. The predicted molar refractivity (Wildman–Crippen MR) is 83.2 cm³/mol. The second kappa shape index (κ2) is 8.17. The summed E-state index contributed by atoms with van der Waals surface area (Å²) in [4.78, 5) is 0. The maximum Gasteiger partial charge on any atom is 0.164 e. The van der Waals surface area contributed by atoms with Gasteiger partial charge in [0.1, 0.15) is 19.0 Å². The molecule has 0 fully saturated rings. The lowest BCUT2D eigenvalue weighted by Gasteiger charge is -2.15. The second-order valence-electron chi connectivity index (χ2n) is 4.50. The van der Waals surface area contributed by atoms with Crippen molar-refractivity contribution in [1.29, 1.82) is 0 Å². The fraction of sp³-hybridized carbons (Fsp3) is 0.294. The molecule has 0 aliphatic heterocycles. The third kappa shape index (κ3) is 4.39. The molecule has 4 nitrogen and oxygen atoms in total. The summed E-state index contributed by atoms with van der Waals surface area (Å²) in [5.41, 5.74) is 6.68. The number of methoxy groups -OCH3 is 1. The minimum Gasteiger partial charge on any atom is -0.493 e. The Hall–Kier alpha value is -2.20. The standard InChI is InChI=1S/C17H21NO3/c1-19-16-9-5-6-14(10-11-18)17(16)21-13-12-20-15-7-3-2-4-8-15/h2-9H,10-13,18H2,1H3. The van der Waals surface area contributed by atoms with Crippen LogP contribution in [0.15, 0.2) is 48.5 Å². The average molecular weight is 287 g/mol. The first-order valence-electron chi connectivity index (χ1n) is 7.01. The van der Waals surface area contributed by atoms with Crippen molar-refractivity contribution in [2.45, 2.75) is 6.42 Å². The molecule has 0 saturated heterocycles. The molecular formula is C17H21NO3. The minimum absolute atomic E-state index is 0.451. The maximum atomic E-state index is 5.83. The van der Waals surface area contributed by atoms with Crippen molar-refractivity contribution in [1.82, 2.24) is 0 Å². The Balaban J connectivity index is 1.92. The first-order valence-corrected chi connectivity index (χ1v) is 7.01. The number of benzene rings is 2. The summed E-state index contributed by atoms with van der Waals surface area (Å²) in [6.07, 6.45) is 0.756. The van der Waals surface area contributed by atoms with Gasteiger partial charge in [0.15, 0.2) is 11.5 Å². The molecule has 2 N–H and O–H groups in total. The smallest absolute Gasteiger partial charge is 0.164 e. The van der Waals surface area contributed by atoms with E-state index in [9.17, 15) is 0 Å². The van der Waals surface area contributed by atoms with Crippen molar-refractivity contribution in [3.8, 4) is 17.2 Å². The summed E-state index contributed by atoms with van der Waals surface area (Å²) in [6, 6.07) is 15.5. The van der Waals surface area contributed by atoms with E-state index in [1.807, 2.05) is 48.5 Å². The molecular weight excluding hydrogens is 266 g/mol. The Morgan fingerprint density at radius 1 is 0.905 bits per heavy atom. The normalized spacial score (nSPS) is 10.2. The van der Waals surface area contributed by atoms with E-state index in [0.717, 1.165) is 29.2 Å². The summed E-state index contributed by atoms with van der Waals surface area (Å²) in [5.74, 6) is 2.31. The van der Waals surface area contributed by atoms with Gasteiger partial charge in [0.25, 0.3) is 0 Å². The summed E-state index contributed by atoms with van der Waals surface area (Å²) in [6.45, 7) is 1.50. The van der Waals surface area contributed by atoms with Crippen molar-refractivity contribution >= 4 is 0 Å². The van der Waals surface area contributed by atoms with Crippen LogP contribution in [0.25, 0.3) is 0 Å². The molecule has 0 amide bonds.